The van der Waals surface area contributed by atoms with Crippen molar-refractivity contribution in [3.05, 3.63) is 29.7 Å². The molecule has 11 nitrogen and oxygen atoms in total. The fraction of sp³-hybridized carbons (Fsp3) is 0.560. The summed E-state index contributed by atoms with van der Waals surface area (Å²) in [5.74, 6) is 1.57. The number of aromatic amines is 1. The van der Waals surface area contributed by atoms with Gasteiger partial charge >= 0.3 is 0 Å². The number of anilines is 3. The Morgan fingerprint density at radius 1 is 1.28 bits per heavy atom. The summed E-state index contributed by atoms with van der Waals surface area (Å²) >= 11 is 0. The number of H-pyrrole nitrogens is 1. The first kappa shape index (κ1) is 23.1. The standard InChI is InChI=1S/C25H33N9O2/c1-15-22(26)25(14-36-15)7-10-33(11-8-25)19-13-28-21-23(30-19)31-32-24(21)34-9-3-4-17-18(34)6-5-16(29-17)12-20(35)27-2/h5-6,13,15,22H,3-4,7-12,14,26H2,1-2H3,(H,27,35)(H,30,31,32)/t15-,22+/m0/s1. The Morgan fingerprint density at radius 2 is 2.11 bits per heavy atom. The number of aryl methyl sites for hydroxylation is 1. The maximum Gasteiger partial charge on any atom is 0.225 e. The van der Waals surface area contributed by atoms with Crippen LogP contribution in [-0.2, 0) is 22.4 Å². The van der Waals surface area contributed by atoms with Gasteiger partial charge in [-0.1, -0.05) is 0 Å². The lowest BCUT2D eigenvalue weighted by Crippen LogP contribution is -2.50. The molecule has 0 aliphatic carbocycles. The van der Waals surface area contributed by atoms with Gasteiger partial charge in [0.15, 0.2) is 17.0 Å². The molecule has 3 aromatic heterocycles. The predicted octanol–water partition coefficient (Wildman–Crippen LogP) is 1.45. The number of pyridine rings is 1. The summed E-state index contributed by atoms with van der Waals surface area (Å²) in [6, 6.07) is 4.03. The summed E-state index contributed by atoms with van der Waals surface area (Å²) in [6.07, 6.45) is 6.05. The lowest BCUT2D eigenvalue weighted by molar-refractivity contribution is -0.120. The third kappa shape index (κ3) is 3.86. The summed E-state index contributed by atoms with van der Waals surface area (Å²) < 4.78 is 5.86. The topological polar surface area (TPSA) is 138 Å². The van der Waals surface area contributed by atoms with Crippen LogP contribution in [0.2, 0.25) is 0 Å². The molecule has 4 N–H and O–H groups in total. The van der Waals surface area contributed by atoms with Gasteiger partial charge in [-0.3, -0.25) is 14.9 Å². The van der Waals surface area contributed by atoms with Crippen LogP contribution >= 0.6 is 0 Å². The van der Waals surface area contributed by atoms with E-state index in [9.17, 15) is 4.79 Å². The molecule has 190 valence electrons. The molecular formula is C25H33N9O2. The number of ether oxygens (including phenoxy) is 1. The zero-order chi connectivity index (χ0) is 24.9. The number of likely N-dealkylation sites (N-methyl/N-ethyl adjacent to an activating group) is 1. The largest absolute Gasteiger partial charge is 0.376 e. The normalized spacial score (nSPS) is 23.3. The van der Waals surface area contributed by atoms with E-state index in [2.05, 4.69) is 32.2 Å². The van der Waals surface area contributed by atoms with Gasteiger partial charge in [-0.2, -0.15) is 5.10 Å². The molecule has 6 rings (SSSR count). The smallest absolute Gasteiger partial charge is 0.225 e. The van der Waals surface area contributed by atoms with Crippen molar-refractivity contribution in [2.45, 2.75) is 51.2 Å². The average Bonchev–Trinajstić information content (AvgIpc) is 3.45. The second-order valence-corrected chi connectivity index (χ2v) is 10.2. The number of piperidine rings is 1. The van der Waals surface area contributed by atoms with Gasteiger partial charge < -0.3 is 25.6 Å². The minimum absolute atomic E-state index is 0.0441. The Balaban J connectivity index is 1.22. The highest BCUT2D eigenvalue weighted by atomic mass is 16.5. The fourth-order valence-electron chi connectivity index (χ4n) is 5.84. The van der Waals surface area contributed by atoms with Crippen LogP contribution < -0.4 is 20.9 Å². The van der Waals surface area contributed by atoms with Crippen LogP contribution in [0.3, 0.4) is 0 Å². The number of carbonyl (C=O) groups is 1. The summed E-state index contributed by atoms with van der Waals surface area (Å²) in [4.78, 5) is 30.6. The van der Waals surface area contributed by atoms with Crippen molar-refractivity contribution in [2.75, 3.05) is 43.1 Å². The van der Waals surface area contributed by atoms with Crippen molar-refractivity contribution in [1.29, 1.82) is 0 Å². The summed E-state index contributed by atoms with van der Waals surface area (Å²) in [6.45, 7) is 5.41. The van der Waals surface area contributed by atoms with Crippen LogP contribution in [0.5, 0.6) is 0 Å². The Morgan fingerprint density at radius 3 is 2.86 bits per heavy atom. The zero-order valence-corrected chi connectivity index (χ0v) is 20.8. The van der Waals surface area contributed by atoms with E-state index in [4.69, 9.17) is 25.4 Å². The van der Waals surface area contributed by atoms with E-state index in [1.54, 1.807) is 7.05 Å². The molecule has 6 heterocycles. The predicted molar refractivity (Wildman–Crippen MR) is 136 cm³/mol. The number of nitrogens with zero attached hydrogens (tertiary/aromatic N) is 6. The third-order valence-corrected chi connectivity index (χ3v) is 8.14. The molecule has 1 spiro atoms. The zero-order valence-electron chi connectivity index (χ0n) is 20.8. The third-order valence-electron chi connectivity index (χ3n) is 8.14. The molecule has 3 aromatic rings. The number of fused-ring (bicyclic) bond motifs is 2. The summed E-state index contributed by atoms with van der Waals surface area (Å²) in [5, 5.41) is 10.3. The van der Waals surface area contributed by atoms with Crippen molar-refractivity contribution in [3.63, 3.8) is 0 Å². The van der Waals surface area contributed by atoms with E-state index in [1.165, 1.54) is 0 Å². The van der Waals surface area contributed by atoms with Gasteiger partial charge in [0, 0.05) is 38.1 Å². The molecule has 0 aromatic carbocycles. The highest BCUT2D eigenvalue weighted by Gasteiger charge is 2.47. The van der Waals surface area contributed by atoms with Crippen LogP contribution in [0.1, 0.15) is 37.6 Å². The number of carbonyl (C=O) groups excluding carboxylic acids is 1. The molecule has 0 saturated carbocycles. The number of hydrogen-bond acceptors (Lipinski definition) is 9. The number of amides is 1. The van der Waals surface area contributed by atoms with Crippen molar-refractivity contribution >= 4 is 34.4 Å². The Bertz CT molecular complexity index is 1280. The summed E-state index contributed by atoms with van der Waals surface area (Å²) in [7, 11) is 1.64. The first-order chi connectivity index (χ1) is 17.5. The first-order valence-electron chi connectivity index (χ1n) is 12.8. The number of rotatable bonds is 4. The van der Waals surface area contributed by atoms with Crippen LogP contribution in [0.4, 0.5) is 17.3 Å². The molecule has 3 aliphatic heterocycles. The van der Waals surface area contributed by atoms with Crippen LogP contribution in [-0.4, -0.2) is 76.5 Å². The Kier molecular flexibility index (Phi) is 5.76. The molecule has 1 amide bonds. The second kappa shape index (κ2) is 8.97. The molecule has 36 heavy (non-hydrogen) atoms. The van der Waals surface area contributed by atoms with E-state index in [1.807, 2.05) is 18.3 Å². The van der Waals surface area contributed by atoms with Crippen LogP contribution in [0, 0.1) is 5.41 Å². The lowest BCUT2D eigenvalue weighted by Gasteiger charge is -2.41. The van der Waals surface area contributed by atoms with E-state index in [0.717, 1.165) is 86.2 Å². The maximum absolute atomic E-state index is 11.8. The highest BCUT2D eigenvalue weighted by Crippen LogP contribution is 2.42. The van der Waals surface area contributed by atoms with Crippen LogP contribution in [0.25, 0.3) is 11.2 Å². The number of nitrogens with one attached hydrogen (secondary N) is 2. The quantitative estimate of drug-likeness (QED) is 0.495. The van der Waals surface area contributed by atoms with Gasteiger partial charge in [0.1, 0.15) is 5.82 Å². The lowest BCUT2D eigenvalue weighted by atomic mass is 9.73. The Labute approximate surface area is 209 Å². The molecule has 2 fully saturated rings. The Hall–Kier alpha value is -3.31. The molecular weight excluding hydrogens is 458 g/mol. The molecule has 2 saturated heterocycles. The van der Waals surface area contributed by atoms with E-state index in [-0.39, 0.29) is 29.9 Å². The highest BCUT2D eigenvalue weighted by molar-refractivity contribution is 5.87. The van der Waals surface area contributed by atoms with Crippen LogP contribution in [0.15, 0.2) is 18.3 Å². The van der Waals surface area contributed by atoms with E-state index >= 15 is 0 Å². The SMILES string of the molecule is CNC(=O)Cc1ccc2c(n1)CCCN2c1n[nH]c2nc(N3CCC4(CC3)CO[C@@H](C)[C@H]4N)cnc12. The van der Waals surface area contributed by atoms with Gasteiger partial charge in [0.2, 0.25) is 5.91 Å². The average molecular weight is 492 g/mol. The van der Waals surface area contributed by atoms with Gasteiger partial charge in [-0.25, -0.2) is 9.97 Å². The molecule has 2 atom stereocenters. The molecule has 0 bridgehead atoms. The van der Waals surface area contributed by atoms with Gasteiger partial charge in [0.05, 0.1) is 42.4 Å². The second-order valence-electron chi connectivity index (χ2n) is 10.2. The first-order valence-corrected chi connectivity index (χ1v) is 12.8. The maximum atomic E-state index is 11.8. The van der Waals surface area contributed by atoms with E-state index < -0.39 is 0 Å². The molecule has 0 unspecified atom stereocenters. The number of nitrogens with two attached hydrogens (primary N) is 1. The minimum atomic E-state index is -0.0441. The fourth-order valence-corrected chi connectivity index (χ4v) is 5.84. The number of hydrogen-bond donors (Lipinski definition) is 3. The van der Waals surface area contributed by atoms with Crippen molar-refractivity contribution in [1.82, 2.24) is 30.5 Å². The number of aromatic nitrogens is 5. The molecule has 0 radical (unpaired) electrons. The molecule has 3 aliphatic rings. The molecule has 11 heteroatoms. The van der Waals surface area contributed by atoms with Crippen molar-refractivity contribution in [2.24, 2.45) is 11.1 Å². The van der Waals surface area contributed by atoms with Crippen molar-refractivity contribution in [3.8, 4) is 0 Å². The van der Waals surface area contributed by atoms with Gasteiger partial charge in [-0.05, 0) is 44.7 Å². The van der Waals surface area contributed by atoms with Gasteiger partial charge in [0.25, 0.3) is 0 Å². The summed E-state index contributed by atoms with van der Waals surface area (Å²) in [5.41, 5.74) is 10.7. The monoisotopic (exact) mass is 491 g/mol. The minimum Gasteiger partial charge on any atom is -0.376 e. The van der Waals surface area contributed by atoms with E-state index in [0.29, 0.717) is 5.65 Å². The van der Waals surface area contributed by atoms with Gasteiger partial charge in [-0.15, -0.1) is 0 Å². The van der Waals surface area contributed by atoms with Crippen molar-refractivity contribution < 1.29 is 9.53 Å².